The van der Waals surface area contributed by atoms with E-state index in [-0.39, 0.29) is 10.8 Å². The third kappa shape index (κ3) is 5.38. The molecule has 0 saturated carbocycles. The van der Waals surface area contributed by atoms with Crippen molar-refractivity contribution in [3.8, 4) is 11.1 Å². The maximum absolute atomic E-state index is 12.8. The quantitative estimate of drug-likeness (QED) is 0.448. The fourth-order valence-corrected chi connectivity index (χ4v) is 4.32. The minimum atomic E-state index is -3.39. The Bertz CT molecular complexity index is 1380. The number of aromatic nitrogens is 2. The first-order chi connectivity index (χ1) is 15.8. The van der Waals surface area contributed by atoms with Gasteiger partial charge in [0.15, 0.2) is 9.84 Å². The molecule has 4 rings (SSSR count). The van der Waals surface area contributed by atoms with E-state index in [4.69, 9.17) is 0 Å². The molecule has 3 aromatic carbocycles. The maximum Gasteiger partial charge on any atom is 0.251 e. The number of carbonyl (C=O) groups excluding carboxylic acids is 1. The van der Waals surface area contributed by atoms with Crippen molar-refractivity contribution in [1.29, 1.82) is 0 Å². The van der Waals surface area contributed by atoms with E-state index in [1.165, 1.54) is 12.1 Å². The number of benzene rings is 3. The highest BCUT2D eigenvalue weighted by atomic mass is 32.2. The predicted molar refractivity (Wildman–Crippen MR) is 129 cm³/mol. The van der Waals surface area contributed by atoms with Crippen molar-refractivity contribution in [3.05, 3.63) is 107 Å². The van der Waals surface area contributed by atoms with Crippen LogP contribution in [0, 0.1) is 6.92 Å². The summed E-state index contributed by atoms with van der Waals surface area (Å²) in [7, 11) is -3.39. The van der Waals surface area contributed by atoms with E-state index in [1.54, 1.807) is 19.2 Å². The Morgan fingerprint density at radius 2 is 1.76 bits per heavy atom. The molecule has 168 valence electrons. The number of sulfone groups is 1. The Morgan fingerprint density at radius 1 is 1.00 bits per heavy atom. The molecule has 0 fully saturated rings. The lowest BCUT2D eigenvalue weighted by atomic mass is 9.98. The Balaban J connectivity index is 1.51. The van der Waals surface area contributed by atoms with Gasteiger partial charge in [-0.25, -0.2) is 8.42 Å². The van der Waals surface area contributed by atoms with E-state index in [0.717, 1.165) is 34.1 Å². The third-order valence-electron chi connectivity index (χ3n) is 5.51. The smallest absolute Gasteiger partial charge is 0.251 e. The molecule has 0 spiro atoms. The molecule has 33 heavy (non-hydrogen) atoms. The normalized spacial score (nSPS) is 11.3. The van der Waals surface area contributed by atoms with Crippen molar-refractivity contribution in [2.45, 2.75) is 24.9 Å². The van der Waals surface area contributed by atoms with Crippen LogP contribution in [-0.2, 0) is 22.9 Å². The Hall–Kier alpha value is -3.71. The molecule has 6 nitrogen and oxygen atoms in total. The lowest BCUT2D eigenvalue weighted by molar-refractivity contribution is 0.0950. The van der Waals surface area contributed by atoms with E-state index in [1.807, 2.05) is 41.2 Å². The molecule has 1 aromatic heterocycles. The summed E-state index contributed by atoms with van der Waals surface area (Å²) in [5.41, 5.74) is 5.29. The fraction of sp³-hybridized carbons (Fsp3) is 0.154. The number of hydrogen-bond donors (Lipinski definition) is 1. The number of carbonyl (C=O) groups is 1. The third-order valence-corrected chi connectivity index (χ3v) is 6.62. The lowest BCUT2D eigenvalue weighted by Gasteiger charge is -2.13. The van der Waals surface area contributed by atoms with Crippen molar-refractivity contribution in [1.82, 2.24) is 15.1 Å². The van der Waals surface area contributed by atoms with Gasteiger partial charge in [0.05, 0.1) is 11.4 Å². The van der Waals surface area contributed by atoms with E-state index >= 15 is 0 Å². The van der Waals surface area contributed by atoms with Crippen LogP contribution in [0.4, 0.5) is 0 Å². The van der Waals surface area contributed by atoms with Crippen LogP contribution in [0.25, 0.3) is 11.1 Å². The van der Waals surface area contributed by atoms with Gasteiger partial charge in [0.1, 0.15) is 0 Å². The summed E-state index contributed by atoms with van der Waals surface area (Å²) in [6.45, 7) is 2.82. The van der Waals surface area contributed by atoms with Crippen LogP contribution in [0.5, 0.6) is 0 Å². The van der Waals surface area contributed by atoms with Crippen LogP contribution in [0.15, 0.2) is 90.1 Å². The second-order valence-electron chi connectivity index (χ2n) is 7.99. The highest BCUT2D eigenvalue weighted by molar-refractivity contribution is 7.90. The van der Waals surface area contributed by atoms with Crippen LogP contribution in [0.3, 0.4) is 0 Å². The molecule has 0 unspecified atom stereocenters. The average Bonchev–Trinajstić information content (AvgIpc) is 3.31. The molecule has 1 amide bonds. The van der Waals surface area contributed by atoms with Gasteiger partial charge >= 0.3 is 0 Å². The molecule has 0 aliphatic heterocycles. The number of hydrogen-bond acceptors (Lipinski definition) is 4. The molecule has 1 heterocycles. The van der Waals surface area contributed by atoms with Gasteiger partial charge in [0, 0.05) is 30.8 Å². The number of nitrogens with zero attached hydrogens (tertiary/aromatic N) is 2. The monoisotopic (exact) mass is 459 g/mol. The van der Waals surface area contributed by atoms with Crippen LogP contribution in [0.1, 0.15) is 27.0 Å². The molecular formula is C26H25N3O3S. The van der Waals surface area contributed by atoms with Crippen molar-refractivity contribution < 1.29 is 13.2 Å². The summed E-state index contributed by atoms with van der Waals surface area (Å²) in [6, 6.07) is 22.7. The molecule has 1 N–H and O–H groups in total. The summed E-state index contributed by atoms with van der Waals surface area (Å²) in [5.74, 6) is -0.303. The van der Waals surface area contributed by atoms with Crippen LogP contribution in [-0.4, -0.2) is 30.4 Å². The van der Waals surface area contributed by atoms with Crippen LogP contribution < -0.4 is 5.32 Å². The predicted octanol–water partition coefficient (Wildman–Crippen LogP) is 4.24. The van der Waals surface area contributed by atoms with Gasteiger partial charge in [-0.05, 0) is 52.9 Å². The van der Waals surface area contributed by atoms with E-state index < -0.39 is 9.84 Å². The second-order valence-corrected chi connectivity index (χ2v) is 10.0. The van der Waals surface area contributed by atoms with Gasteiger partial charge < -0.3 is 5.32 Å². The SMILES string of the molecule is Cc1ccc(S(C)(=O)=O)cc1C(=O)NCc1ccccc1-c1ccc(Cn2cccn2)cc1. The Kier molecular flexibility index (Phi) is 6.42. The maximum atomic E-state index is 12.8. The van der Waals surface area contributed by atoms with Crippen LogP contribution in [0.2, 0.25) is 0 Å². The van der Waals surface area contributed by atoms with Gasteiger partial charge in [-0.2, -0.15) is 5.10 Å². The molecule has 4 aromatic rings. The molecule has 0 saturated heterocycles. The summed E-state index contributed by atoms with van der Waals surface area (Å²) in [6.07, 6.45) is 4.83. The fourth-order valence-electron chi connectivity index (χ4n) is 3.67. The molecule has 7 heteroatoms. The number of amides is 1. The minimum Gasteiger partial charge on any atom is -0.348 e. The topological polar surface area (TPSA) is 81.1 Å². The average molecular weight is 460 g/mol. The van der Waals surface area contributed by atoms with Crippen LogP contribution >= 0.6 is 0 Å². The van der Waals surface area contributed by atoms with Gasteiger partial charge in [-0.3, -0.25) is 9.48 Å². The molecule has 0 aliphatic rings. The molecule has 0 atom stereocenters. The summed E-state index contributed by atoms with van der Waals surface area (Å²) in [4.78, 5) is 13.0. The zero-order chi connectivity index (χ0) is 23.4. The molecule has 0 aliphatic carbocycles. The lowest BCUT2D eigenvalue weighted by Crippen LogP contribution is -2.24. The van der Waals surface area contributed by atoms with E-state index in [2.05, 4.69) is 34.7 Å². The summed E-state index contributed by atoms with van der Waals surface area (Å²) < 4.78 is 25.6. The standard InChI is InChI=1S/C26H25N3O3S/c1-19-8-13-23(33(2,31)32)16-25(19)26(30)27-17-22-6-3-4-7-24(22)21-11-9-20(10-12-21)18-29-15-5-14-28-29/h3-16H,17-18H2,1-2H3,(H,27,30). The zero-order valence-corrected chi connectivity index (χ0v) is 19.3. The second kappa shape index (κ2) is 9.42. The van der Waals surface area contributed by atoms with Gasteiger partial charge in [0.25, 0.3) is 5.91 Å². The van der Waals surface area contributed by atoms with Gasteiger partial charge in [-0.1, -0.05) is 54.6 Å². The van der Waals surface area contributed by atoms with Crippen molar-refractivity contribution in [3.63, 3.8) is 0 Å². The van der Waals surface area contributed by atoms with Crippen molar-refractivity contribution >= 4 is 15.7 Å². The van der Waals surface area contributed by atoms with Crippen molar-refractivity contribution in [2.75, 3.05) is 6.26 Å². The Labute approximate surface area is 193 Å². The first-order valence-electron chi connectivity index (χ1n) is 10.5. The van der Waals surface area contributed by atoms with Gasteiger partial charge in [-0.15, -0.1) is 0 Å². The molecule has 0 radical (unpaired) electrons. The number of rotatable bonds is 7. The van der Waals surface area contributed by atoms with Gasteiger partial charge in [0.2, 0.25) is 0 Å². The first-order valence-corrected chi connectivity index (χ1v) is 12.4. The highest BCUT2D eigenvalue weighted by Crippen LogP contribution is 2.25. The molecular weight excluding hydrogens is 434 g/mol. The number of aryl methyl sites for hydroxylation is 1. The van der Waals surface area contributed by atoms with E-state index in [9.17, 15) is 13.2 Å². The largest absolute Gasteiger partial charge is 0.348 e. The zero-order valence-electron chi connectivity index (χ0n) is 18.5. The minimum absolute atomic E-state index is 0.133. The summed E-state index contributed by atoms with van der Waals surface area (Å²) in [5, 5.41) is 7.18. The first kappa shape index (κ1) is 22.5. The molecule has 0 bridgehead atoms. The number of nitrogens with one attached hydrogen (secondary N) is 1. The van der Waals surface area contributed by atoms with Crippen molar-refractivity contribution in [2.24, 2.45) is 0 Å². The highest BCUT2D eigenvalue weighted by Gasteiger charge is 2.15. The summed E-state index contributed by atoms with van der Waals surface area (Å²) >= 11 is 0. The van der Waals surface area contributed by atoms with E-state index in [0.29, 0.717) is 18.7 Å². The Morgan fingerprint density at radius 3 is 2.45 bits per heavy atom.